The lowest BCUT2D eigenvalue weighted by molar-refractivity contribution is -0.100. The summed E-state index contributed by atoms with van der Waals surface area (Å²) < 4.78 is 21.2. The van der Waals surface area contributed by atoms with E-state index in [-0.39, 0.29) is 24.3 Å². The van der Waals surface area contributed by atoms with E-state index in [1.165, 1.54) is 0 Å². The average molecular weight is 453 g/mol. The van der Waals surface area contributed by atoms with Crippen LogP contribution in [-0.4, -0.2) is 79.5 Å². The molecule has 32 heavy (non-hydrogen) atoms. The molecule has 1 saturated carbocycles. The highest BCUT2D eigenvalue weighted by molar-refractivity contribution is 5.01. The Morgan fingerprint density at radius 2 is 1.91 bits per heavy atom. The Kier molecular flexibility index (Phi) is 7.11. The maximum atomic E-state index is 14.5. The number of rotatable bonds is 2. The largest absolute Gasteiger partial charge is 0.374 e. The molecule has 2 bridgehead atoms. The Balaban J connectivity index is 1.46. The molecule has 0 aromatic rings. The van der Waals surface area contributed by atoms with Gasteiger partial charge < -0.3 is 10.1 Å². The fourth-order valence-electron chi connectivity index (χ4n) is 7.47. The standard InChI is InChI=1S/C24H45FN6O/c1-14(2)11-30-23-17-7-19(10-26-9-17)32-16(4)21-8-18(25)5-6-20(21)24-27-13-28-31(24)12-22(23)15(3)29-30/h14-24,26-29H,5-13H2,1-4H3/t15?,16-,17?,18?,19?,20?,21?,22?,23?,24?/m1/s1. The van der Waals surface area contributed by atoms with Crippen molar-refractivity contribution in [3.63, 3.8) is 0 Å². The molecular formula is C24H45FN6O. The zero-order chi connectivity index (χ0) is 22.4. The number of halogens is 1. The molecule has 1 aliphatic carbocycles. The summed E-state index contributed by atoms with van der Waals surface area (Å²) in [7, 11) is 0. The van der Waals surface area contributed by atoms with Crippen molar-refractivity contribution >= 4 is 0 Å². The van der Waals surface area contributed by atoms with Crippen LogP contribution >= 0.6 is 0 Å². The molecule has 0 spiro atoms. The van der Waals surface area contributed by atoms with Crippen molar-refractivity contribution in [1.82, 2.24) is 31.5 Å². The van der Waals surface area contributed by atoms with Crippen LogP contribution in [0.3, 0.4) is 0 Å². The summed E-state index contributed by atoms with van der Waals surface area (Å²) >= 11 is 0. The van der Waals surface area contributed by atoms with E-state index in [0.29, 0.717) is 48.6 Å². The monoisotopic (exact) mass is 452 g/mol. The second kappa shape index (κ2) is 9.72. The van der Waals surface area contributed by atoms with Gasteiger partial charge in [-0.05, 0) is 69.7 Å². The highest BCUT2D eigenvalue weighted by Gasteiger charge is 2.49. The predicted octanol–water partition coefficient (Wildman–Crippen LogP) is 1.68. The molecule has 4 saturated heterocycles. The van der Waals surface area contributed by atoms with E-state index in [4.69, 9.17) is 4.74 Å². The summed E-state index contributed by atoms with van der Waals surface area (Å²) in [6, 6.07) is 0.920. The third kappa shape index (κ3) is 4.61. The topological polar surface area (TPSA) is 63.8 Å². The van der Waals surface area contributed by atoms with E-state index < -0.39 is 6.17 Å². The molecule has 0 aromatic heterocycles. The maximum Gasteiger partial charge on any atom is 0.101 e. The van der Waals surface area contributed by atoms with Crippen molar-refractivity contribution in [2.75, 3.05) is 32.8 Å². The molecule has 8 heteroatoms. The quantitative estimate of drug-likeness (QED) is 0.509. The van der Waals surface area contributed by atoms with Gasteiger partial charge in [-0.15, -0.1) is 0 Å². The fraction of sp³-hybridized carbons (Fsp3) is 1.00. The van der Waals surface area contributed by atoms with E-state index in [0.717, 1.165) is 45.7 Å². The van der Waals surface area contributed by atoms with Gasteiger partial charge in [0.15, 0.2) is 0 Å². The number of hydrazine groups is 2. The Morgan fingerprint density at radius 1 is 1.06 bits per heavy atom. The van der Waals surface area contributed by atoms with Gasteiger partial charge in [0.1, 0.15) is 6.17 Å². The molecule has 4 aliphatic heterocycles. The van der Waals surface area contributed by atoms with E-state index in [9.17, 15) is 4.39 Å². The van der Waals surface area contributed by atoms with Gasteiger partial charge in [-0.3, -0.25) is 10.7 Å². The lowest BCUT2D eigenvalue weighted by Crippen LogP contribution is -2.57. The molecule has 4 N–H and O–H groups in total. The van der Waals surface area contributed by atoms with Crippen LogP contribution < -0.4 is 21.5 Å². The van der Waals surface area contributed by atoms with Gasteiger partial charge in [0.25, 0.3) is 0 Å². The maximum absolute atomic E-state index is 14.5. The van der Waals surface area contributed by atoms with Gasteiger partial charge in [0, 0.05) is 37.6 Å². The van der Waals surface area contributed by atoms with Gasteiger partial charge in [0.05, 0.1) is 25.0 Å². The first-order valence-electron chi connectivity index (χ1n) is 13.2. The summed E-state index contributed by atoms with van der Waals surface area (Å²) in [5.41, 5.74) is 7.49. The summed E-state index contributed by atoms with van der Waals surface area (Å²) in [5.74, 6) is 2.36. The van der Waals surface area contributed by atoms with E-state index >= 15 is 0 Å². The molecule has 0 amide bonds. The molecular weight excluding hydrogens is 407 g/mol. The zero-order valence-electron chi connectivity index (χ0n) is 20.4. The summed E-state index contributed by atoms with van der Waals surface area (Å²) in [6.45, 7) is 14.0. The van der Waals surface area contributed by atoms with Crippen molar-refractivity contribution in [2.45, 2.75) is 90.0 Å². The number of nitrogens with zero attached hydrogens (tertiary/aromatic N) is 2. The van der Waals surface area contributed by atoms with E-state index in [1.807, 2.05) is 0 Å². The molecule has 0 radical (unpaired) electrons. The number of piperidine rings is 1. The molecule has 184 valence electrons. The second-order valence-electron chi connectivity index (χ2n) is 11.6. The van der Waals surface area contributed by atoms with Crippen LogP contribution in [0, 0.1) is 29.6 Å². The number of alkyl halides is 1. The van der Waals surface area contributed by atoms with Crippen LogP contribution in [-0.2, 0) is 4.74 Å². The molecule has 9 unspecified atom stereocenters. The Bertz CT molecular complexity index is 640. The van der Waals surface area contributed by atoms with Crippen LogP contribution in [0.25, 0.3) is 0 Å². The normalized spacial score (nSPS) is 48.6. The molecule has 0 aromatic carbocycles. The number of hydrogen-bond donors (Lipinski definition) is 4. The van der Waals surface area contributed by atoms with E-state index in [2.05, 4.69) is 59.2 Å². The van der Waals surface area contributed by atoms with Crippen molar-refractivity contribution in [3.8, 4) is 0 Å². The van der Waals surface area contributed by atoms with Gasteiger partial charge in [0.2, 0.25) is 0 Å². The lowest BCUT2D eigenvalue weighted by atomic mass is 9.73. The van der Waals surface area contributed by atoms with Crippen LogP contribution in [0.1, 0.15) is 53.4 Å². The first-order chi connectivity index (χ1) is 15.4. The second-order valence-corrected chi connectivity index (χ2v) is 11.6. The van der Waals surface area contributed by atoms with E-state index in [1.54, 1.807) is 0 Å². The molecule has 5 aliphatic rings. The van der Waals surface area contributed by atoms with Gasteiger partial charge in [-0.1, -0.05) is 13.8 Å². The summed E-state index contributed by atoms with van der Waals surface area (Å²) in [4.78, 5) is 0. The van der Waals surface area contributed by atoms with Crippen LogP contribution in [0.15, 0.2) is 0 Å². The number of nitrogens with one attached hydrogen (secondary N) is 4. The number of ether oxygens (including phenoxy) is 1. The Labute approximate surface area is 193 Å². The van der Waals surface area contributed by atoms with Crippen molar-refractivity contribution in [3.05, 3.63) is 0 Å². The van der Waals surface area contributed by atoms with Crippen LogP contribution in [0.4, 0.5) is 4.39 Å². The third-order valence-corrected chi connectivity index (χ3v) is 8.84. The Morgan fingerprint density at radius 3 is 2.72 bits per heavy atom. The smallest absolute Gasteiger partial charge is 0.101 e. The SMILES string of the molecule is CC(C)CN1NC(C)C2CN3NCNC3C3CCC(F)CC3[C@@H](C)OC3CNCC(C3)C21. The van der Waals surface area contributed by atoms with Crippen molar-refractivity contribution in [2.24, 2.45) is 29.6 Å². The fourth-order valence-corrected chi connectivity index (χ4v) is 7.47. The molecule has 5 fully saturated rings. The third-order valence-electron chi connectivity index (χ3n) is 8.84. The van der Waals surface area contributed by atoms with Crippen LogP contribution in [0.2, 0.25) is 0 Å². The highest BCUT2D eigenvalue weighted by atomic mass is 19.1. The van der Waals surface area contributed by atoms with Crippen molar-refractivity contribution < 1.29 is 9.13 Å². The van der Waals surface area contributed by atoms with Gasteiger partial charge >= 0.3 is 0 Å². The molecule has 10 atom stereocenters. The minimum absolute atomic E-state index is 0.0796. The summed E-state index contributed by atoms with van der Waals surface area (Å²) in [6.07, 6.45) is 3.19. The van der Waals surface area contributed by atoms with Gasteiger partial charge in [-0.2, -0.15) is 0 Å². The minimum Gasteiger partial charge on any atom is -0.374 e. The first-order valence-corrected chi connectivity index (χ1v) is 13.2. The predicted molar refractivity (Wildman–Crippen MR) is 124 cm³/mol. The first kappa shape index (κ1) is 23.4. The lowest BCUT2D eigenvalue weighted by Gasteiger charge is -2.46. The Hall–Kier alpha value is -0.350. The molecule has 7 nitrogen and oxygen atoms in total. The van der Waals surface area contributed by atoms with Gasteiger partial charge in [-0.25, -0.2) is 19.8 Å². The average Bonchev–Trinajstić information content (AvgIpc) is 3.31. The highest BCUT2D eigenvalue weighted by Crippen LogP contribution is 2.41. The number of hydrogen-bond acceptors (Lipinski definition) is 7. The van der Waals surface area contributed by atoms with Crippen LogP contribution in [0.5, 0.6) is 0 Å². The molecule has 5 rings (SSSR count). The molecule has 4 heterocycles. The minimum atomic E-state index is -0.691. The van der Waals surface area contributed by atoms with Crippen molar-refractivity contribution in [1.29, 1.82) is 0 Å². The summed E-state index contributed by atoms with van der Waals surface area (Å²) in [5, 5.41) is 12.4. The zero-order valence-corrected chi connectivity index (χ0v) is 20.4. The number of fused-ring (bicyclic) bond motifs is 7.